The van der Waals surface area contributed by atoms with Crippen LogP contribution in [0.15, 0.2) is 22.3 Å². The number of aliphatic carboxylic acids is 1. The van der Waals surface area contributed by atoms with Crippen LogP contribution < -0.4 is 20.1 Å². The van der Waals surface area contributed by atoms with E-state index in [1.165, 1.54) is 13.2 Å². The summed E-state index contributed by atoms with van der Waals surface area (Å²) >= 11 is 3.25. The second kappa shape index (κ2) is 6.48. The fraction of sp³-hybridized carbons (Fsp3) is 0.154. The Morgan fingerprint density at radius 3 is 2.64 bits per heavy atom. The van der Waals surface area contributed by atoms with E-state index in [1.807, 2.05) is 0 Å². The van der Waals surface area contributed by atoms with Crippen molar-refractivity contribution in [2.75, 3.05) is 13.7 Å². The molecular weight excluding hydrogens is 360 g/mol. The number of nitrogens with one attached hydrogen (secondary N) is 2. The number of halogens is 1. The summed E-state index contributed by atoms with van der Waals surface area (Å²) in [6, 6.07) is 2.56. The van der Waals surface area contributed by atoms with Gasteiger partial charge < -0.3 is 19.9 Å². The molecule has 1 heterocycles. The molecule has 9 heteroatoms. The average molecular weight is 371 g/mol. The highest BCUT2D eigenvalue weighted by molar-refractivity contribution is 9.10. The Labute approximate surface area is 133 Å². The second-order valence-corrected chi connectivity index (χ2v) is 5.04. The molecule has 22 heavy (non-hydrogen) atoms. The molecule has 0 saturated carbocycles. The van der Waals surface area contributed by atoms with E-state index in [0.717, 1.165) is 0 Å². The summed E-state index contributed by atoms with van der Waals surface area (Å²) < 4.78 is 10.7. The minimum absolute atomic E-state index is 0.0955. The first kappa shape index (κ1) is 15.8. The number of carboxylic acids is 1. The van der Waals surface area contributed by atoms with Gasteiger partial charge in [-0.2, -0.15) is 0 Å². The lowest BCUT2D eigenvalue weighted by Gasteiger charge is -2.12. The van der Waals surface area contributed by atoms with E-state index in [0.29, 0.717) is 10.0 Å². The molecule has 1 aliphatic rings. The summed E-state index contributed by atoms with van der Waals surface area (Å²) in [6.07, 6.45) is 1.45. The van der Waals surface area contributed by atoms with E-state index >= 15 is 0 Å². The van der Waals surface area contributed by atoms with Gasteiger partial charge in [0.05, 0.1) is 11.6 Å². The number of carboxylic acid groups (broad SMARTS) is 1. The summed E-state index contributed by atoms with van der Waals surface area (Å²) in [4.78, 5) is 33.1. The number of benzene rings is 1. The Morgan fingerprint density at radius 1 is 1.36 bits per heavy atom. The van der Waals surface area contributed by atoms with Gasteiger partial charge in [0.25, 0.3) is 5.91 Å². The minimum Gasteiger partial charge on any atom is -0.493 e. The van der Waals surface area contributed by atoms with Gasteiger partial charge in [-0.3, -0.25) is 10.1 Å². The smallest absolute Gasteiger partial charge is 0.341 e. The first-order valence-corrected chi connectivity index (χ1v) is 6.76. The van der Waals surface area contributed by atoms with Gasteiger partial charge in [-0.05, 0) is 39.7 Å². The largest absolute Gasteiger partial charge is 0.493 e. The molecule has 0 aromatic heterocycles. The summed E-state index contributed by atoms with van der Waals surface area (Å²) in [5.74, 6) is -1.14. The molecule has 1 saturated heterocycles. The van der Waals surface area contributed by atoms with Gasteiger partial charge in [-0.15, -0.1) is 0 Å². The number of methoxy groups -OCH3 is 1. The van der Waals surface area contributed by atoms with Gasteiger partial charge in [0.2, 0.25) is 0 Å². The zero-order valence-corrected chi connectivity index (χ0v) is 12.9. The Morgan fingerprint density at radius 2 is 2.09 bits per heavy atom. The zero-order chi connectivity index (χ0) is 16.3. The standard InChI is InChI=1S/C13H11BrN2O6/c1-21-9-4-6(3-8-12(19)16-13(20)15-8)2-7(14)11(9)22-5-10(17)18/h2-4H,5H2,1H3,(H,17,18)(H2,15,16,19,20). The minimum atomic E-state index is -1.12. The topological polar surface area (TPSA) is 114 Å². The number of carbonyl (C=O) groups excluding carboxylic acids is 2. The van der Waals surface area contributed by atoms with Crippen LogP contribution in [0.3, 0.4) is 0 Å². The highest BCUT2D eigenvalue weighted by atomic mass is 79.9. The van der Waals surface area contributed by atoms with E-state index in [4.69, 9.17) is 14.6 Å². The van der Waals surface area contributed by atoms with Crippen molar-refractivity contribution in [1.82, 2.24) is 10.6 Å². The van der Waals surface area contributed by atoms with Gasteiger partial charge in [0, 0.05) is 0 Å². The molecule has 1 aromatic carbocycles. The van der Waals surface area contributed by atoms with E-state index in [9.17, 15) is 14.4 Å². The predicted octanol–water partition coefficient (Wildman–Crippen LogP) is 1.10. The lowest BCUT2D eigenvalue weighted by Crippen LogP contribution is -2.22. The Hall–Kier alpha value is -2.55. The van der Waals surface area contributed by atoms with Crippen molar-refractivity contribution >= 4 is 39.9 Å². The van der Waals surface area contributed by atoms with Crippen LogP contribution in [0.1, 0.15) is 5.56 Å². The van der Waals surface area contributed by atoms with Crippen molar-refractivity contribution in [3.05, 3.63) is 27.9 Å². The Balaban J connectivity index is 2.33. The number of hydrogen-bond donors (Lipinski definition) is 3. The number of imide groups is 1. The van der Waals surface area contributed by atoms with Crippen LogP contribution in [-0.4, -0.2) is 36.7 Å². The molecule has 3 amide bonds. The molecule has 0 unspecified atom stereocenters. The number of ether oxygens (including phenoxy) is 2. The quantitative estimate of drug-likeness (QED) is 0.528. The summed E-state index contributed by atoms with van der Waals surface area (Å²) in [5, 5.41) is 13.1. The molecule has 0 aliphatic carbocycles. The summed E-state index contributed by atoms with van der Waals surface area (Å²) in [7, 11) is 1.40. The maximum atomic E-state index is 11.5. The summed E-state index contributed by atoms with van der Waals surface area (Å²) in [5.41, 5.74) is 0.650. The van der Waals surface area contributed by atoms with Crippen LogP contribution in [0, 0.1) is 0 Å². The lowest BCUT2D eigenvalue weighted by molar-refractivity contribution is -0.139. The molecule has 0 atom stereocenters. The summed E-state index contributed by atoms with van der Waals surface area (Å²) in [6.45, 7) is -0.520. The number of carbonyl (C=O) groups is 3. The first-order valence-electron chi connectivity index (χ1n) is 5.97. The fourth-order valence-corrected chi connectivity index (χ4v) is 2.32. The highest BCUT2D eigenvalue weighted by Crippen LogP contribution is 2.37. The van der Waals surface area contributed by atoms with E-state index in [-0.39, 0.29) is 17.2 Å². The molecule has 116 valence electrons. The van der Waals surface area contributed by atoms with Crippen LogP contribution >= 0.6 is 15.9 Å². The normalized spacial score (nSPS) is 15.5. The van der Waals surface area contributed by atoms with Gasteiger partial charge in [-0.25, -0.2) is 9.59 Å². The molecular formula is C13H11BrN2O6. The van der Waals surface area contributed by atoms with Crippen LogP contribution in [0.4, 0.5) is 4.79 Å². The van der Waals surface area contributed by atoms with Crippen molar-refractivity contribution in [2.45, 2.75) is 0 Å². The fourth-order valence-electron chi connectivity index (χ4n) is 1.75. The monoisotopic (exact) mass is 370 g/mol. The molecule has 1 aliphatic heterocycles. The third-order valence-corrected chi connectivity index (χ3v) is 3.21. The van der Waals surface area contributed by atoms with Gasteiger partial charge >= 0.3 is 12.0 Å². The van der Waals surface area contributed by atoms with Crippen molar-refractivity contribution in [1.29, 1.82) is 0 Å². The predicted molar refractivity (Wildman–Crippen MR) is 78.5 cm³/mol. The third-order valence-electron chi connectivity index (χ3n) is 2.62. The van der Waals surface area contributed by atoms with Crippen molar-refractivity contribution < 1.29 is 29.0 Å². The molecule has 1 aromatic rings. The number of rotatable bonds is 5. The molecule has 0 bridgehead atoms. The molecule has 8 nitrogen and oxygen atoms in total. The number of urea groups is 1. The van der Waals surface area contributed by atoms with Crippen molar-refractivity contribution in [3.8, 4) is 11.5 Å². The van der Waals surface area contributed by atoms with Gasteiger partial charge in [0.15, 0.2) is 18.1 Å². The van der Waals surface area contributed by atoms with Crippen LogP contribution in [0.5, 0.6) is 11.5 Å². The van der Waals surface area contributed by atoms with Crippen molar-refractivity contribution in [3.63, 3.8) is 0 Å². The van der Waals surface area contributed by atoms with E-state index in [1.54, 1.807) is 12.1 Å². The van der Waals surface area contributed by atoms with Crippen LogP contribution in [0.25, 0.3) is 6.08 Å². The second-order valence-electron chi connectivity index (χ2n) is 4.18. The maximum Gasteiger partial charge on any atom is 0.341 e. The molecule has 1 fully saturated rings. The van der Waals surface area contributed by atoms with Crippen LogP contribution in [0.2, 0.25) is 0 Å². The third kappa shape index (κ3) is 3.55. The number of hydrogen-bond acceptors (Lipinski definition) is 5. The lowest BCUT2D eigenvalue weighted by atomic mass is 10.1. The first-order chi connectivity index (χ1) is 10.4. The Kier molecular flexibility index (Phi) is 4.66. The zero-order valence-electron chi connectivity index (χ0n) is 11.3. The SMILES string of the molecule is COc1cc(C=C2NC(=O)NC2=O)cc(Br)c1OCC(=O)O. The van der Waals surface area contributed by atoms with Crippen molar-refractivity contribution in [2.24, 2.45) is 0 Å². The van der Waals surface area contributed by atoms with Crippen LogP contribution in [-0.2, 0) is 9.59 Å². The van der Waals surface area contributed by atoms with E-state index in [2.05, 4.69) is 26.6 Å². The van der Waals surface area contributed by atoms with E-state index < -0.39 is 24.5 Å². The van der Waals surface area contributed by atoms with Gasteiger partial charge in [-0.1, -0.05) is 0 Å². The average Bonchev–Trinajstić information content (AvgIpc) is 2.74. The maximum absolute atomic E-state index is 11.5. The number of amides is 3. The molecule has 2 rings (SSSR count). The Bertz CT molecular complexity index is 685. The highest BCUT2D eigenvalue weighted by Gasteiger charge is 2.23. The molecule has 0 radical (unpaired) electrons. The molecule has 3 N–H and O–H groups in total. The van der Waals surface area contributed by atoms with Gasteiger partial charge in [0.1, 0.15) is 5.70 Å². The molecule has 0 spiro atoms.